The number of amides is 1. The molecule has 0 bridgehead atoms. The number of anilines is 2. The number of rotatable bonds is 4. The normalized spacial score (nSPS) is 13.0. The smallest absolute Gasteiger partial charge is 0.338 e. The second kappa shape index (κ2) is 8.35. The molecule has 1 amide bonds. The molecule has 6 nitrogen and oxygen atoms in total. The Hall–Kier alpha value is -3.45. The van der Waals surface area contributed by atoms with Crippen LogP contribution in [0.3, 0.4) is 0 Å². The summed E-state index contributed by atoms with van der Waals surface area (Å²) in [5.74, 6) is -1.05. The minimum atomic E-state index is -3.36. The monoisotopic (exact) mass is 435 g/mol. The lowest BCUT2D eigenvalue weighted by Gasteiger charge is -2.24. The summed E-state index contributed by atoms with van der Waals surface area (Å²) in [4.78, 5) is 27.3. The predicted octanol–water partition coefficient (Wildman–Crippen LogP) is 3.71. The molecule has 1 aliphatic rings. The quantitative estimate of drug-likeness (QED) is 0.584. The molecular formula is C24H21NO5S. The van der Waals surface area contributed by atoms with Gasteiger partial charge in [-0.15, -0.1) is 0 Å². The molecule has 0 saturated carbocycles. The van der Waals surface area contributed by atoms with Crippen LogP contribution in [0.25, 0.3) is 0 Å². The van der Waals surface area contributed by atoms with Crippen molar-refractivity contribution in [1.82, 2.24) is 0 Å². The van der Waals surface area contributed by atoms with Crippen LogP contribution in [0.15, 0.2) is 77.7 Å². The highest BCUT2D eigenvalue weighted by Crippen LogP contribution is 2.36. The number of hydrogen-bond donors (Lipinski definition) is 0. The van der Waals surface area contributed by atoms with E-state index in [-0.39, 0.29) is 16.4 Å². The maximum Gasteiger partial charge on any atom is 0.338 e. The summed E-state index contributed by atoms with van der Waals surface area (Å²) in [6.07, 6.45) is 2.71. The molecule has 0 aliphatic carbocycles. The van der Waals surface area contributed by atoms with Crippen LogP contribution in [-0.4, -0.2) is 33.2 Å². The average molecular weight is 436 g/mol. The van der Waals surface area contributed by atoms with Gasteiger partial charge < -0.3 is 4.74 Å². The van der Waals surface area contributed by atoms with E-state index in [9.17, 15) is 18.0 Å². The third-order valence-electron chi connectivity index (χ3n) is 5.22. The fraction of sp³-hybridized carbons (Fsp3) is 0.167. The van der Waals surface area contributed by atoms with E-state index >= 15 is 0 Å². The minimum Gasteiger partial charge on any atom is -0.452 e. The lowest BCUT2D eigenvalue weighted by molar-refractivity contribution is -0.120. The topological polar surface area (TPSA) is 80.7 Å². The van der Waals surface area contributed by atoms with Crippen LogP contribution in [0.2, 0.25) is 0 Å². The largest absolute Gasteiger partial charge is 0.452 e. The van der Waals surface area contributed by atoms with E-state index in [0.29, 0.717) is 0 Å². The Morgan fingerprint density at radius 3 is 1.87 bits per heavy atom. The first-order valence-electron chi connectivity index (χ1n) is 9.80. The van der Waals surface area contributed by atoms with Gasteiger partial charge in [0.25, 0.3) is 5.91 Å². The highest BCUT2D eigenvalue weighted by atomic mass is 32.2. The van der Waals surface area contributed by atoms with Gasteiger partial charge in [-0.1, -0.05) is 36.4 Å². The van der Waals surface area contributed by atoms with Crippen molar-refractivity contribution in [1.29, 1.82) is 0 Å². The van der Waals surface area contributed by atoms with Crippen LogP contribution in [0.4, 0.5) is 11.4 Å². The second-order valence-corrected chi connectivity index (χ2v) is 9.37. The fourth-order valence-electron chi connectivity index (χ4n) is 3.66. The van der Waals surface area contributed by atoms with Crippen LogP contribution in [0, 0.1) is 0 Å². The number of carbonyl (C=O) groups is 2. The first-order chi connectivity index (χ1) is 14.8. The Kier molecular flexibility index (Phi) is 5.61. The van der Waals surface area contributed by atoms with E-state index in [0.717, 1.165) is 41.6 Å². The lowest BCUT2D eigenvalue weighted by atomic mass is 10.0. The van der Waals surface area contributed by atoms with Gasteiger partial charge in [-0.05, 0) is 60.4 Å². The Balaban J connectivity index is 1.55. The molecule has 158 valence electrons. The predicted molar refractivity (Wildman–Crippen MR) is 117 cm³/mol. The van der Waals surface area contributed by atoms with Gasteiger partial charge in [0.1, 0.15) is 0 Å². The average Bonchev–Trinajstić information content (AvgIpc) is 2.94. The molecule has 0 radical (unpaired) electrons. The lowest BCUT2D eigenvalue weighted by Crippen LogP contribution is -2.31. The van der Waals surface area contributed by atoms with Gasteiger partial charge >= 0.3 is 5.97 Å². The van der Waals surface area contributed by atoms with E-state index in [4.69, 9.17) is 4.74 Å². The van der Waals surface area contributed by atoms with Gasteiger partial charge in [-0.25, -0.2) is 13.2 Å². The van der Waals surface area contributed by atoms with E-state index in [1.807, 2.05) is 48.5 Å². The summed E-state index contributed by atoms with van der Waals surface area (Å²) >= 11 is 0. The van der Waals surface area contributed by atoms with Gasteiger partial charge in [0, 0.05) is 6.26 Å². The van der Waals surface area contributed by atoms with Crippen molar-refractivity contribution in [3.63, 3.8) is 0 Å². The molecule has 7 heteroatoms. The number of esters is 1. The summed E-state index contributed by atoms with van der Waals surface area (Å²) in [6, 6.07) is 20.8. The molecule has 1 aliphatic heterocycles. The Bertz CT molecular complexity index is 1200. The third-order valence-corrected chi connectivity index (χ3v) is 6.35. The third kappa shape index (κ3) is 4.36. The first-order valence-corrected chi connectivity index (χ1v) is 11.7. The van der Waals surface area contributed by atoms with Crippen LogP contribution in [-0.2, 0) is 32.2 Å². The molecule has 3 aromatic rings. The standard InChI is InChI=1S/C24H21NO5S/c1-31(28,29)20-14-12-19(13-15-20)24(27)30-16-23(26)25-21-8-4-2-6-17(21)10-11-18-7-3-5-9-22(18)25/h2-9,12-15H,10-11,16H2,1H3. The number of carbonyl (C=O) groups excluding carboxylic acids is 2. The molecule has 0 spiro atoms. The second-order valence-electron chi connectivity index (χ2n) is 7.36. The van der Waals surface area contributed by atoms with Crippen molar-refractivity contribution in [3.05, 3.63) is 89.5 Å². The van der Waals surface area contributed by atoms with E-state index in [1.165, 1.54) is 24.3 Å². The molecule has 0 saturated heterocycles. The number of ether oxygens (including phenoxy) is 1. The number of fused-ring (bicyclic) bond motifs is 2. The summed E-state index contributed by atoms with van der Waals surface area (Å²) in [5, 5.41) is 0. The summed E-state index contributed by atoms with van der Waals surface area (Å²) < 4.78 is 28.4. The van der Waals surface area contributed by atoms with Crippen molar-refractivity contribution >= 4 is 33.1 Å². The van der Waals surface area contributed by atoms with Crippen molar-refractivity contribution in [2.45, 2.75) is 17.7 Å². The van der Waals surface area contributed by atoms with Crippen LogP contribution in [0.1, 0.15) is 21.5 Å². The van der Waals surface area contributed by atoms with Crippen LogP contribution in [0.5, 0.6) is 0 Å². The number of para-hydroxylation sites is 2. The first kappa shape index (κ1) is 20.8. The number of hydrogen-bond acceptors (Lipinski definition) is 5. The Morgan fingerprint density at radius 2 is 1.35 bits per heavy atom. The van der Waals surface area contributed by atoms with Crippen molar-refractivity contribution in [3.8, 4) is 0 Å². The van der Waals surface area contributed by atoms with Crippen LogP contribution < -0.4 is 4.90 Å². The maximum atomic E-state index is 13.2. The number of sulfone groups is 1. The SMILES string of the molecule is CS(=O)(=O)c1ccc(C(=O)OCC(=O)N2c3ccccc3CCc3ccccc32)cc1. The molecule has 0 atom stereocenters. The zero-order chi connectivity index (χ0) is 22.0. The number of nitrogens with zero attached hydrogens (tertiary/aromatic N) is 1. The zero-order valence-electron chi connectivity index (χ0n) is 16.9. The van der Waals surface area contributed by atoms with Gasteiger partial charge in [-0.2, -0.15) is 0 Å². The summed E-state index contributed by atoms with van der Waals surface area (Å²) in [5.41, 5.74) is 3.85. The summed E-state index contributed by atoms with van der Waals surface area (Å²) in [7, 11) is -3.36. The molecule has 3 aromatic carbocycles. The van der Waals surface area contributed by atoms with Gasteiger partial charge in [-0.3, -0.25) is 9.69 Å². The minimum absolute atomic E-state index is 0.109. The van der Waals surface area contributed by atoms with Gasteiger partial charge in [0.05, 0.1) is 21.8 Å². The van der Waals surface area contributed by atoms with E-state index < -0.39 is 22.4 Å². The van der Waals surface area contributed by atoms with E-state index in [1.54, 1.807) is 4.90 Å². The summed E-state index contributed by atoms with van der Waals surface area (Å²) in [6.45, 7) is -0.435. The van der Waals surface area contributed by atoms with Gasteiger partial charge in [0.2, 0.25) is 0 Å². The zero-order valence-corrected chi connectivity index (χ0v) is 17.8. The highest BCUT2D eigenvalue weighted by Gasteiger charge is 2.26. The Morgan fingerprint density at radius 1 is 0.839 bits per heavy atom. The molecular weight excluding hydrogens is 414 g/mol. The molecule has 0 unspecified atom stereocenters. The number of benzene rings is 3. The Labute approximate surface area is 181 Å². The van der Waals surface area contributed by atoms with Crippen LogP contribution >= 0.6 is 0 Å². The van der Waals surface area contributed by atoms with Crippen molar-refractivity contribution < 1.29 is 22.7 Å². The molecule has 0 N–H and O–H groups in total. The molecule has 0 aromatic heterocycles. The molecule has 31 heavy (non-hydrogen) atoms. The van der Waals surface area contributed by atoms with Crippen molar-refractivity contribution in [2.75, 3.05) is 17.8 Å². The molecule has 1 heterocycles. The van der Waals surface area contributed by atoms with E-state index in [2.05, 4.69) is 0 Å². The van der Waals surface area contributed by atoms with Crippen molar-refractivity contribution in [2.24, 2.45) is 0 Å². The fourth-order valence-corrected chi connectivity index (χ4v) is 4.29. The number of aryl methyl sites for hydroxylation is 2. The van der Waals surface area contributed by atoms with Gasteiger partial charge in [0.15, 0.2) is 16.4 Å². The maximum absolute atomic E-state index is 13.2. The molecule has 0 fully saturated rings. The highest BCUT2D eigenvalue weighted by molar-refractivity contribution is 7.90. The molecule has 4 rings (SSSR count).